The summed E-state index contributed by atoms with van der Waals surface area (Å²) in [6, 6.07) is 1.96. The molecule has 1 aromatic heterocycles. The van der Waals surface area contributed by atoms with Gasteiger partial charge in [-0.05, 0) is 6.92 Å². The summed E-state index contributed by atoms with van der Waals surface area (Å²) in [5.74, 6) is 1.05. The van der Waals surface area contributed by atoms with Gasteiger partial charge < -0.3 is 14.5 Å². The van der Waals surface area contributed by atoms with Crippen molar-refractivity contribution >= 4 is 11.7 Å². The highest BCUT2D eigenvalue weighted by molar-refractivity contribution is 5.73. The molecule has 1 saturated heterocycles. The Hall–Kier alpha value is -1.69. The number of nitrogens with zero attached hydrogens (tertiary/aromatic N) is 4. The van der Waals surface area contributed by atoms with E-state index in [4.69, 9.17) is 4.74 Å². The molecule has 0 bridgehead atoms. The van der Waals surface area contributed by atoms with Gasteiger partial charge >= 0.3 is 0 Å². The summed E-state index contributed by atoms with van der Waals surface area (Å²) in [7, 11) is 0. The Kier molecular flexibility index (Phi) is 4.68. The van der Waals surface area contributed by atoms with E-state index in [2.05, 4.69) is 14.9 Å². The predicted octanol–water partition coefficient (Wildman–Crippen LogP) is 0.682. The Morgan fingerprint density at radius 1 is 1.32 bits per heavy atom. The number of piperazine rings is 1. The number of hydrogen-bond donors (Lipinski definition) is 0. The zero-order valence-corrected chi connectivity index (χ0v) is 11.5. The van der Waals surface area contributed by atoms with Crippen LogP contribution in [0.3, 0.4) is 0 Å². The summed E-state index contributed by atoms with van der Waals surface area (Å²) in [4.78, 5) is 23.8. The van der Waals surface area contributed by atoms with E-state index in [1.54, 1.807) is 13.3 Å². The Morgan fingerprint density at radius 2 is 2.05 bits per heavy atom. The normalized spacial score (nSPS) is 15.7. The molecule has 0 aliphatic carbocycles. The molecule has 2 rings (SSSR count). The zero-order chi connectivity index (χ0) is 13.7. The third-order valence-electron chi connectivity index (χ3n) is 3.21. The van der Waals surface area contributed by atoms with E-state index in [9.17, 15) is 4.79 Å². The zero-order valence-electron chi connectivity index (χ0n) is 11.5. The maximum absolute atomic E-state index is 11.3. The molecule has 2 heterocycles. The van der Waals surface area contributed by atoms with E-state index >= 15 is 0 Å². The Balaban J connectivity index is 1.97. The first-order chi connectivity index (χ1) is 9.20. The van der Waals surface area contributed by atoms with Crippen LogP contribution in [0, 0.1) is 0 Å². The number of ether oxygens (including phenoxy) is 1. The van der Waals surface area contributed by atoms with Gasteiger partial charge in [-0.1, -0.05) is 0 Å². The quantitative estimate of drug-likeness (QED) is 0.800. The van der Waals surface area contributed by atoms with Crippen molar-refractivity contribution in [1.82, 2.24) is 14.9 Å². The topological polar surface area (TPSA) is 58.6 Å². The number of carbonyl (C=O) groups is 1. The maximum atomic E-state index is 11.3. The van der Waals surface area contributed by atoms with Gasteiger partial charge in [-0.3, -0.25) is 4.79 Å². The van der Waals surface area contributed by atoms with Gasteiger partial charge in [0, 0.05) is 45.8 Å². The first kappa shape index (κ1) is 13.7. The fourth-order valence-corrected chi connectivity index (χ4v) is 2.09. The van der Waals surface area contributed by atoms with Crippen LogP contribution in [-0.2, 0) is 16.1 Å². The van der Waals surface area contributed by atoms with Gasteiger partial charge in [0.05, 0.1) is 12.3 Å². The van der Waals surface area contributed by atoms with Crippen molar-refractivity contribution in [3.63, 3.8) is 0 Å². The largest absolute Gasteiger partial charge is 0.375 e. The van der Waals surface area contributed by atoms with Crippen LogP contribution in [0.15, 0.2) is 12.4 Å². The van der Waals surface area contributed by atoms with Gasteiger partial charge in [0.2, 0.25) is 5.91 Å². The fraction of sp³-hybridized carbons (Fsp3) is 0.615. The smallest absolute Gasteiger partial charge is 0.219 e. The molecule has 0 radical (unpaired) electrons. The molecule has 1 amide bonds. The monoisotopic (exact) mass is 264 g/mol. The molecule has 6 nitrogen and oxygen atoms in total. The molecule has 1 aliphatic rings. The lowest BCUT2D eigenvalue weighted by atomic mass is 10.3. The van der Waals surface area contributed by atoms with E-state index in [0.717, 1.165) is 37.7 Å². The number of carbonyl (C=O) groups excluding carboxylic acids is 1. The highest BCUT2D eigenvalue weighted by Crippen LogP contribution is 2.14. The van der Waals surface area contributed by atoms with Gasteiger partial charge in [0.15, 0.2) is 0 Å². The van der Waals surface area contributed by atoms with Gasteiger partial charge in [-0.25, -0.2) is 9.97 Å². The van der Waals surface area contributed by atoms with E-state index in [1.165, 1.54) is 0 Å². The number of aromatic nitrogens is 2. The van der Waals surface area contributed by atoms with Crippen molar-refractivity contribution in [2.24, 2.45) is 0 Å². The van der Waals surface area contributed by atoms with Crippen molar-refractivity contribution in [3.8, 4) is 0 Å². The summed E-state index contributed by atoms with van der Waals surface area (Å²) in [5.41, 5.74) is 0.890. The lowest BCUT2D eigenvalue weighted by Gasteiger charge is -2.34. The number of rotatable bonds is 4. The minimum absolute atomic E-state index is 0.138. The molecule has 1 aromatic rings. The molecule has 0 spiro atoms. The highest BCUT2D eigenvalue weighted by Gasteiger charge is 2.19. The summed E-state index contributed by atoms with van der Waals surface area (Å²) < 4.78 is 5.35. The van der Waals surface area contributed by atoms with Crippen LogP contribution in [0.25, 0.3) is 0 Å². The third kappa shape index (κ3) is 3.64. The van der Waals surface area contributed by atoms with Crippen molar-refractivity contribution in [2.75, 3.05) is 37.7 Å². The van der Waals surface area contributed by atoms with E-state index < -0.39 is 0 Å². The summed E-state index contributed by atoms with van der Waals surface area (Å²) in [5, 5.41) is 0. The average Bonchev–Trinajstić information content (AvgIpc) is 2.45. The summed E-state index contributed by atoms with van der Waals surface area (Å²) in [6.45, 7) is 7.88. The number of amides is 1. The molecule has 0 unspecified atom stereocenters. The predicted molar refractivity (Wildman–Crippen MR) is 71.8 cm³/mol. The molecule has 6 heteroatoms. The Bertz CT molecular complexity index is 430. The SMILES string of the molecule is CCOCc1cc(N2CCN(C(C)=O)CC2)ncn1. The van der Waals surface area contributed by atoms with Crippen LogP contribution in [0.5, 0.6) is 0 Å². The molecule has 104 valence electrons. The van der Waals surface area contributed by atoms with Gasteiger partial charge in [0.1, 0.15) is 12.1 Å². The first-order valence-electron chi connectivity index (χ1n) is 6.60. The minimum atomic E-state index is 0.138. The number of anilines is 1. The van der Waals surface area contributed by atoms with E-state index in [-0.39, 0.29) is 5.91 Å². The second kappa shape index (κ2) is 6.47. The van der Waals surface area contributed by atoms with Crippen molar-refractivity contribution in [3.05, 3.63) is 18.1 Å². The van der Waals surface area contributed by atoms with Crippen molar-refractivity contribution < 1.29 is 9.53 Å². The van der Waals surface area contributed by atoms with Crippen LogP contribution in [0.2, 0.25) is 0 Å². The third-order valence-corrected chi connectivity index (χ3v) is 3.21. The van der Waals surface area contributed by atoms with Gasteiger partial charge in [0.25, 0.3) is 0 Å². The van der Waals surface area contributed by atoms with Crippen LogP contribution < -0.4 is 4.90 Å². The minimum Gasteiger partial charge on any atom is -0.375 e. The summed E-state index contributed by atoms with van der Waals surface area (Å²) >= 11 is 0. The second-order valence-corrected chi connectivity index (χ2v) is 4.50. The van der Waals surface area contributed by atoms with Crippen LogP contribution >= 0.6 is 0 Å². The second-order valence-electron chi connectivity index (χ2n) is 4.50. The summed E-state index contributed by atoms with van der Waals surface area (Å²) in [6.07, 6.45) is 1.57. The van der Waals surface area contributed by atoms with Gasteiger partial charge in [-0.2, -0.15) is 0 Å². The maximum Gasteiger partial charge on any atom is 0.219 e. The lowest BCUT2D eigenvalue weighted by molar-refractivity contribution is -0.129. The molecule has 1 fully saturated rings. The molecule has 0 aromatic carbocycles. The van der Waals surface area contributed by atoms with Crippen LogP contribution in [-0.4, -0.2) is 53.6 Å². The molecular formula is C13H20N4O2. The van der Waals surface area contributed by atoms with Crippen LogP contribution in [0.4, 0.5) is 5.82 Å². The molecular weight excluding hydrogens is 244 g/mol. The highest BCUT2D eigenvalue weighted by atomic mass is 16.5. The van der Waals surface area contributed by atoms with E-state index in [1.807, 2.05) is 17.9 Å². The standard InChI is InChI=1S/C13H20N4O2/c1-3-19-9-12-8-13(15-10-14-12)17-6-4-16(5-7-17)11(2)18/h8,10H,3-7,9H2,1-2H3. The first-order valence-corrected chi connectivity index (χ1v) is 6.60. The Morgan fingerprint density at radius 3 is 2.68 bits per heavy atom. The molecule has 0 N–H and O–H groups in total. The van der Waals surface area contributed by atoms with Crippen molar-refractivity contribution in [1.29, 1.82) is 0 Å². The van der Waals surface area contributed by atoms with Crippen LogP contribution in [0.1, 0.15) is 19.5 Å². The molecule has 0 atom stereocenters. The fourth-order valence-electron chi connectivity index (χ4n) is 2.09. The Labute approximate surface area is 113 Å². The molecule has 0 saturated carbocycles. The molecule has 19 heavy (non-hydrogen) atoms. The average molecular weight is 264 g/mol. The molecule has 1 aliphatic heterocycles. The van der Waals surface area contributed by atoms with Gasteiger partial charge in [-0.15, -0.1) is 0 Å². The number of hydrogen-bond acceptors (Lipinski definition) is 5. The van der Waals surface area contributed by atoms with E-state index in [0.29, 0.717) is 13.2 Å². The van der Waals surface area contributed by atoms with Crippen molar-refractivity contribution in [2.45, 2.75) is 20.5 Å². The lowest BCUT2D eigenvalue weighted by Crippen LogP contribution is -2.48.